The van der Waals surface area contributed by atoms with E-state index in [1.54, 1.807) is 0 Å². The van der Waals surface area contributed by atoms with E-state index in [1.807, 2.05) is 12.1 Å². The number of aromatic nitrogens is 1. The first-order valence-electron chi connectivity index (χ1n) is 9.61. The molecular formula is C22H26ClN3O. The van der Waals surface area contributed by atoms with Gasteiger partial charge >= 0.3 is 0 Å². The molecule has 4 rings (SSSR count). The van der Waals surface area contributed by atoms with E-state index in [-0.39, 0.29) is 0 Å². The highest BCUT2D eigenvalue weighted by Crippen LogP contribution is 2.23. The van der Waals surface area contributed by atoms with Gasteiger partial charge in [-0.15, -0.1) is 0 Å². The highest BCUT2D eigenvalue weighted by Gasteiger charge is 2.11. The third-order valence-corrected chi connectivity index (χ3v) is 5.41. The number of hydrogen-bond acceptors (Lipinski definition) is 3. The van der Waals surface area contributed by atoms with Crippen molar-refractivity contribution in [3.63, 3.8) is 0 Å². The van der Waals surface area contributed by atoms with Crippen LogP contribution < -0.4 is 5.32 Å². The van der Waals surface area contributed by atoms with Crippen molar-refractivity contribution in [1.29, 1.82) is 0 Å². The van der Waals surface area contributed by atoms with E-state index in [4.69, 9.17) is 16.3 Å². The van der Waals surface area contributed by atoms with Crippen molar-refractivity contribution in [2.45, 2.75) is 13.1 Å². The second kappa shape index (κ2) is 8.89. The number of benzene rings is 2. The zero-order chi connectivity index (χ0) is 18.5. The maximum Gasteiger partial charge on any atom is 0.0594 e. The lowest BCUT2D eigenvalue weighted by Crippen LogP contribution is -2.40. The number of fused-ring (bicyclic) bond motifs is 1. The van der Waals surface area contributed by atoms with E-state index in [1.165, 1.54) is 22.0 Å². The summed E-state index contributed by atoms with van der Waals surface area (Å²) < 4.78 is 7.74. The van der Waals surface area contributed by atoms with Gasteiger partial charge in [-0.2, -0.15) is 0 Å². The summed E-state index contributed by atoms with van der Waals surface area (Å²) in [6.45, 7) is 7.62. The van der Waals surface area contributed by atoms with Crippen LogP contribution in [-0.4, -0.2) is 48.9 Å². The van der Waals surface area contributed by atoms with Gasteiger partial charge in [-0.25, -0.2) is 0 Å². The van der Waals surface area contributed by atoms with Crippen LogP contribution in [0.25, 0.3) is 10.9 Å². The van der Waals surface area contributed by atoms with E-state index in [9.17, 15) is 0 Å². The lowest BCUT2D eigenvalue weighted by atomic mass is 10.2. The van der Waals surface area contributed by atoms with Crippen molar-refractivity contribution in [2.75, 3.05) is 39.4 Å². The van der Waals surface area contributed by atoms with Crippen molar-refractivity contribution in [3.05, 3.63) is 70.9 Å². The molecule has 0 bridgehead atoms. The molecule has 1 fully saturated rings. The van der Waals surface area contributed by atoms with E-state index < -0.39 is 0 Å². The van der Waals surface area contributed by atoms with Gasteiger partial charge in [-0.05, 0) is 29.3 Å². The fourth-order valence-corrected chi connectivity index (χ4v) is 3.79. The van der Waals surface area contributed by atoms with Gasteiger partial charge in [-0.3, -0.25) is 4.90 Å². The summed E-state index contributed by atoms with van der Waals surface area (Å²) in [6, 6.07) is 16.7. The Morgan fingerprint density at radius 2 is 1.78 bits per heavy atom. The maximum atomic E-state index is 6.02. The van der Waals surface area contributed by atoms with E-state index in [0.29, 0.717) is 0 Å². The fourth-order valence-electron chi connectivity index (χ4n) is 3.67. The summed E-state index contributed by atoms with van der Waals surface area (Å²) in [4.78, 5) is 2.46. The van der Waals surface area contributed by atoms with Gasteiger partial charge in [0.1, 0.15) is 0 Å². The molecule has 0 spiro atoms. The molecule has 142 valence electrons. The molecule has 27 heavy (non-hydrogen) atoms. The fraction of sp³-hybridized carbons (Fsp3) is 0.364. The topological polar surface area (TPSA) is 29.4 Å². The average molecular weight is 384 g/mol. The minimum Gasteiger partial charge on any atom is -0.379 e. The predicted octanol–water partition coefficient (Wildman–Crippen LogP) is 3.76. The lowest BCUT2D eigenvalue weighted by molar-refractivity contribution is 0.0384. The quantitative estimate of drug-likeness (QED) is 0.630. The van der Waals surface area contributed by atoms with Crippen molar-refractivity contribution >= 4 is 22.5 Å². The Hall–Kier alpha value is -1.85. The molecule has 1 aliphatic heterocycles. The van der Waals surface area contributed by atoms with Gasteiger partial charge in [0.25, 0.3) is 0 Å². The monoisotopic (exact) mass is 383 g/mol. The summed E-state index contributed by atoms with van der Waals surface area (Å²) >= 11 is 6.02. The minimum atomic E-state index is 0.779. The van der Waals surface area contributed by atoms with Gasteiger partial charge < -0.3 is 14.6 Å². The van der Waals surface area contributed by atoms with Crippen LogP contribution >= 0.6 is 11.6 Å². The van der Waals surface area contributed by atoms with Crippen LogP contribution in [0.4, 0.5) is 0 Å². The first kappa shape index (κ1) is 18.5. The largest absolute Gasteiger partial charge is 0.379 e. The molecule has 0 unspecified atom stereocenters. The number of hydrogen-bond donors (Lipinski definition) is 1. The smallest absolute Gasteiger partial charge is 0.0594 e. The predicted molar refractivity (Wildman–Crippen MR) is 111 cm³/mol. The zero-order valence-corrected chi connectivity index (χ0v) is 16.3. The minimum absolute atomic E-state index is 0.779. The highest BCUT2D eigenvalue weighted by atomic mass is 35.5. The summed E-state index contributed by atoms with van der Waals surface area (Å²) in [5, 5.41) is 5.72. The van der Waals surface area contributed by atoms with Crippen LogP contribution in [0.1, 0.15) is 11.1 Å². The van der Waals surface area contributed by atoms with Gasteiger partial charge in [-0.1, -0.05) is 41.9 Å². The van der Waals surface area contributed by atoms with E-state index in [0.717, 1.165) is 57.5 Å². The summed E-state index contributed by atoms with van der Waals surface area (Å²) in [5.41, 5.74) is 3.88. The number of nitrogens with one attached hydrogen (secondary N) is 1. The average Bonchev–Trinajstić information content (AvgIpc) is 3.06. The second-order valence-electron chi connectivity index (χ2n) is 7.06. The number of ether oxygens (including phenoxy) is 1. The van der Waals surface area contributed by atoms with E-state index in [2.05, 4.69) is 57.4 Å². The third kappa shape index (κ3) is 4.71. The van der Waals surface area contributed by atoms with Gasteiger partial charge in [0.2, 0.25) is 0 Å². The molecule has 0 aliphatic carbocycles. The number of halogens is 1. The molecule has 4 nitrogen and oxygen atoms in total. The second-order valence-corrected chi connectivity index (χ2v) is 7.49. The Balaban J connectivity index is 1.42. The van der Waals surface area contributed by atoms with Crippen LogP contribution in [-0.2, 0) is 17.8 Å². The number of nitrogens with zero attached hydrogens (tertiary/aromatic N) is 2. The first-order chi connectivity index (χ1) is 13.3. The Morgan fingerprint density at radius 3 is 2.59 bits per heavy atom. The Kier molecular flexibility index (Phi) is 6.10. The lowest BCUT2D eigenvalue weighted by Gasteiger charge is -2.26. The molecule has 1 saturated heterocycles. The van der Waals surface area contributed by atoms with Crippen LogP contribution in [0.3, 0.4) is 0 Å². The Bertz CT molecular complexity index is 869. The molecule has 0 amide bonds. The highest BCUT2D eigenvalue weighted by molar-refractivity contribution is 6.30. The Morgan fingerprint density at radius 1 is 1.00 bits per heavy atom. The molecule has 5 heteroatoms. The molecule has 0 atom stereocenters. The molecule has 3 aromatic rings. The van der Waals surface area contributed by atoms with Crippen LogP contribution in [0.2, 0.25) is 5.02 Å². The van der Waals surface area contributed by atoms with Crippen LogP contribution in [0.15, 0.2) is 54.7 Å². The molecule has 2 heterocycles. The number of para-hydroxylation sites is 1. The molecule has 1 N–H and O–H groups in total. The zero-order valence-electron chi connectivity index (χ0n) is 15.5. The SMILES string of the molecule is Clc1ccc(Cn2cc(CNCCN3CCOCC3)c3ccccc32)cc1. The summed E-state index contributed by atoms with van der Waals surface area (Å²) in [6.07, 6.45) is 2.28. The van der Waals surface area contributed by atoms with Crippen molar-refractivity contribution in [1.82, 2.24) is 14.8 Å². The summed E-state index contributed by atoms with van der Waals surface area (Å²) in [7, 11) is 0. The molecular weight excluding hydrogens is 358 g/mol. The van der Waals surface area contributed by atoms with Gasteiger partial charge in [0.15, 0.2) is 0 Å². The van der Waals surface area contributed by atoms with Crippen molar-refractivity contribution < 1.29 is 4.74 Å². The first-order valence-corrected chi connectivity index (χ1v) is 9.99. The molecule has 0 saturated carbocycles. The van der Waals surface area contributed by atoms with Crippen molar-refractivity contribution in [3.8, 4) is 0 Å². The summed E-state index contributed by atoms with van der Waals surface area (Å²) in [5.74, 6) is 0. The maximum absolute atomic E-state index is 6.02. The van der Waals surface area contributed by atoms with Crippen LogP contribution in [0.5, 0.6) is 0 Å². The van der Waals surface area contributed by atoms with Crippen molar-refractivity contribution in [2.24, 2.45) is 0 Å². The Labute approximate surface area is 165 Å². The number of morpholine rings is 1. The standard InChI is InChI=1S/C22H26ClN3O/c23-20-7-5-18(6-8-20)16-26-17-19(21-3-1-2-4-22(21)26)15-24-9-10-25-11-13-27-14-12-25/h1-8,17,24H,9-16H2. The number of rotatable bonds is 7. The molecule has 0 radical (unpaired) electrons. The van der Waals surface area contributed by atoms with Gasteiger partial charge in [0, 0.05) is 61.4 Å². The molecule has 1 aromatic heterocycles. The third-order valence-electron chi connectivity index (χ3n) is 5.16. The van der Waals surface area contributed by atoms with Crippen LogP contribution in [0, 0.1) is 0 Å². The van der Waals surface area contributed by atoms with E-state index >= 15 is 0 Å². The molecule has 2 aromatic carbocycles. The molecule has 1 aliphatic rings. The normalized spacial score (nSPS) is 15.4. The van der Waals surface area contributed by atoms with Gasteiger partial charge in [0.05, 0.1) is 13.2 Å².